The molecule has 1 unspecified atom stereocenters. The molecule has 2 atom stereocenters. The number of ether oxygens (including phenoxy) is 1. The number of carbonyl (C=O) groups is 1. The summed E-state index contributed by atoms with van der Waals surface area (Å²) in [5.74, 6) is -1.67. The zero-order valence-electron chi connectivity index (χ0n) is 14.0. The van der Waals surface area contributed by atoms with Gasteiger partial charge in [0.1, 0.15) is 0 Å². The zero-order valence-corrected chi connectivity index (χ0v) is 14.8. The summed E-state index contributed by atoms with van der Waals surface area (Å²) in [6, 6.07) is 12.6. The molecular formula is C19H17ClN2O4. The molecule has 0 aliphatic carbocycles. The van der Waals surface area contributed by atoms with E-state index in [2.05, 4.69) is 4.98 Å². The van der Waals surface area contributed by atoms with Crippen LogP contribution in [-0.4, -0.2) is 28.5 Å². The normalized spacial score (nSPS) is 13.3. The van der Waals surface area contributed by atoms with Gasteiger partial charge in [-0.25, -0.2) is 4.79 Å². The lowest BCUT2D eigenvalue weighted by atomic mass is 9.85. The number of nitrogens with zero attached hydrogens (tertiary/aromatic N) is 1. The third-order valence-corrected chi connectivity index (χ3v) is 4.51. The van der Waals surface area contributed by atoms with Crippen LogP contribution in [0.2, 0.25) is 5.02 Å². The van der Waals surface area contributed by atoms with E-state index in [1.54, 1.807) is 37.4 Å². The Hall–Kier alpha value is -2.86. The topological polar surface area (TPSA) is 85.2 Å². The number of hydrogen-bond donors (Lipinski definition) is 1. The number of hydrogen-bond acceptors (Lipinski definition) is 4. The van der Waals surface area contributed by atoms with Gasteiger partial charge in [-0.05, 0) is 36.2 Å². The molecule has 7 heteroatoms. The molecule has 0 amide bonds. The third kappa shape index (κ3) is 3.41. The minimum absolute atomic E-state index is 0.0738. The average Bonchev–Trinajstić information content (AvgIpc) is 3.04. The monoisotopic (exact) mass is 372 g/mol. The molecule has 1 heterocycles. The number of aromatic amines is 1. The van der Waals surface area contributed by atoms with Crippen molar-refractivity contribution in [1.82, 2.24) is 4.98 Å². The first-order valence-electron chi connectivity index (χ1n) is 8.14. The first kappa shape index (κ1) is 17.9. The predicted octanol–water partition coefficient (Wildman–Crippen LogP) is 4.16. The number of rotatable bonds is 6. The molecule has 0 spiro atoms. The molecule has 0 bridgehead atoms. The Morgan fingerprint density at radius 1 is 1.23 bits per heavy atom. The lowest BCUT2D eigenvalue weighted by Crippen LogP contribution is -2.37. The number of nitro groups is 1. The van der Waals surface area contributed by atoms with E-state index in [0.29, 0.717) is 16.1 Å². The summed E-state index contributed by atoms with van der Waals surface area (Å²) in [5, 5.41) is 13.1. The highest BCUT2D eigenvalue weighted by Crippen LogP contribution is 2.35. The Labute approximate surface area is 154 Å². The highest BCUT2D eigenvalue weighted by Gasteiger charge is 2.43. The number of esters is 1. The number of carbonyl (C=O) groups excluding carboxylic acids is 1. The number of para-hydroxylation sites is 1. The molecule has 6 nitrogen and oxygen atoms in total. The molecule has 2 aromatic carbocycles. The smallest absolute Gasteiger partial charge is 0.382 e. The van der Waals surface area contributed by atoms with Crippen LogP contribution in [0, 0.1) is 10.1 Å². The van der Waals surface area contributed by atoms with Crippen LogP contribution in [0.1, 0.15) is 24.0 Å². The van der Waals surface area contributed by atoms with E-state index < -0.39 is 22.9 Å². The fourth-order valence-electron chi connectivity index (χ4n) is 3.12. The van der Waals surface area contributed by atoms with E-state index in [9.17, 15) is 14.9 Å². The van der Waals surface area contributed by atoms with Crippen molar-refractivity contribution in [3.63, 3.8) is 0 Å². The number of halogens is 1. The molecule has 3 aromatic rings. The van der Waals surface area contributed by atoms with Gasteiger partial charge in [-0.2, -0.15) is 0 Å². The van der Waals surface area contributed by atoms with Gasteiger partial charge in [0.05, 0.1) is 12.5 Å². The summed E-state index contributed by atoms with van der Waals surface area (Å²) >= 11 is 5.96. The summed E-state index contributed by atoms with van der Waals surface area (Å²) in [5.41, 5.74) is 2.12. The van der Waals surface area contributed by atoms with Crippen LogP contribution >= 0.6 is 11.6 Å². The van der Waals surface area contributed by atoms with Gasteiger partial charge >= 0.3 is 12.0 Å². The lowest BCUT2D eigenvalue weighted by molar-refractivity contribution is -0.513. The van der Waals surface area contributed by atoms with Crippen molar-refractivity contribution in [3.8, 4) is 0 Å². The van der Waals surface area contributed by atoms with Crippen molar-refractivity contribution in [2.45, 2.75) is 18.9 Å². The average molecular weight is 373 g/mol. The van der Waals surface area contributed by atoms with E-state index in [-0.39, 0.29) is 6.61 Å². The number of aromatic nitrogens is 1. The van der Waals surface area contributed by atoms with Crippen LogP contribution in [0.15, 0.2) is 54.7 Å². The van der Waals surface area contributed by atoms with E-state index >= 15 is 0 Å². The number of H-pyrrole nitrogens is 1. The van der Waals surface area contributed by atoms with Gasteiger partial charge in [-0.15, -0.1) is 0 Å². The standard InChI is InChI=1S/C19H17ClN2O4/c1-2-26-19(23)18(22(24)25)17(12-7-9-13(20)10-8-12)15-11-21-16-6-4-3-5-14(15)16/h3-11,17-18,21H,2H2,1H3/t17-,18?/m0/s1. The van der Waals surface area contributed by atoms with Crippen molar-refractivity contribution < 1.29 is 14.5 Å². The maximum Gasteiger partial charge on any atom is 0.382 e. The van der Waals surface area contributed by atoms with Crippen LogP contribution in [0.4, 0.5) is 0 Å². The van der Waals surface area contributed by atoms with Gasteiger partial charge in [-0.3, -0.25) is 10.1 Å². The second-order valence-electron chi connectivity index (χ2n) is 5.80. The molecule has 0 saturated carbocycles. The van der Waals surface area contributed by atoms with Crippen molar-refractivity contribution >= 4 is 28.5 Å². The van der Waals surface area contributed by atoms with E-state index in [1.165, 1.54) is 0 Å². The molecule has 0 aliphatic heterocycles. The summed E-state index contributed by atoms with van der Waals surface area (Å²) in [6.07, 6.45) is 1.71. The van der Waals surface area contributed by atoms with Crippen LogP contribution in [0.3, 0.4) is 0 Å². The number of benzene rings is 2. The molecule has 134 valence electrons. The zero-order chi connectivity index (χ0) is 18.7. The maximum atomic E-state index is 12.4. The van der Waals surface area contributed by atoms with E-state index in [1.807, 2.05) is 24.3 Å². The largest absolute Gasteiger partial charge is 0.461 e. The molecule has 26 heavy (non-hydrogen) atoms. The maximum absolute atomic E-state index is 12.4. The van der Waals surface area contributed by atoms with Crippen LogP contribution in [-0.2, 0) is 9.53 Å². The molecule has 0 aliphatic rings. The van der Waals surface area contributed by atoms with Gasteiger partial charge in [0.15, 0.2) is 0 Å². The minimum Gasteiger partial charge on any atom is -0.461 e. The molecular weight excluding hydrogens is 356 g/mol. The summed E-state index contributed by atoms with van der Waals surface area (Å²) < 4.78 is 4.98. The summed E-state index contributed by atoms with van der Waals surface area (Å²) in [7, 11) is 0. The Morgan fingerprint density at radius 2 is 1.92 bits per heavy atom. The van der Waals surface area contributed by atoms with Crippen molar-refractivity contribution in [1.29, 1.82) is 0 Å². The second kappa shape index (κ2) is 7.58. The SMILES string of the molecule is CCOC(=O)C([C@@H](c1ccc(Cl)cc1)c1c[nH]c2ccccc12)[N+](=O)[O-]. The predicted molar refractivity (Wildman–Crippen MR) is 99.0 cm³/mol. The molecule has 0 fully saturated rings. The van der Waals surface area contributed by atoms with Crippen LogP contribution in [0.25, 0.3) is 10.9 Å². The second-order valence-corrected chi connectivity index (χ2v) is 6.24. The van der Waals surface area contributed by atoms with Gasteiger partial charge < -0.3 is 9.72 Å². The Kier molecular flexibility index (Phi) is 5.23. The Morgan fingerprint density at radius 3 is 2.58 bits per heavy atom. The fourth-order valence-corrected chi connectivity index (χ4v) is 3.25. The van der Waals surface area contributed by atoms with Crippen LogP contribution < -0.4 is 0 Å². The summed E-state index contributed by atoms with van der Waals surface area (Å²) in [6.45, 7) is 1.70. The van der Waals surface area contributed by atoms with E-state index in [4.69, 9.17) is 16.3 Å². The minimum atomic E-state index is -1.56. The van der Waals surface area contributed by atoms with Crippen molar-refractivity contribution in [2.24, 2.45) is 0 Å². The van der Waals surface area contributed by atoms with Crippen molar-refractivity contribution in [3.05, 3.63) is 81.0 Å². The Balaban J connectivity index is 2.20. The van der Waals surface area contributed by atoms with Crippen LogP contribution in [0.5, 0.6) is 0 Å². The first-order chi connectivity index (χ1) is 12.5. The lowest BCUT2D eigenvalue weighted by Gasteiger charge is -2.20. The Bertz CT molecular complexity index is 936. The van der Waals surface area contributed by atoms with Crippen molar-refractivity contribution in [2.75, 3.05) is 6.61 Å². The van der Waals surface area contributed by atoms with E-state index in [0.717, 1.165) is 10.9 Å². The fraction of sp³-hybridized carbons (Fsp3) is 0.211. The molecule has 0 saturated heterocycles. The third-order valence-electron chi connectivity index (χ3n) is 4.26. The molecule has 1 aromatic heterocycles. The highest BCUT2D eigenvalue weighted by atomic mass is 35.5. The number of fused-ring (bicyclic) bond motifs is 1. The first-order valence-corrected chi connectivity index (χ1v) is 8.52. The summed E-state index contributed by atoms with van der Waals surface area (Å²) in [4.78, 5) is 26.7. The van der Waals surface area contributed by atoms with Gasteiger partial charge in [0, 0.05) is 27.0 Å². The number of nitrogens with one attached hydrogen (secondary N) is 1. The molecule has 3 rings (SSSR count). The quantitative estimate of drug-likeness (QED) is 0.400. The van der Waals surface area contributed by atoms with Gasteiger partial charge in [0.2, 0.25) is 0 Å². The molecule has 0 radical (unpaired) electrons. The molecule has 1 N–H and O–H groups in total. The van der Waals surface area contributed by atoms with Gasteiger partial charge in [-0.1, -0.05) is 41.9 Å². The van der Waals surface area contributed by atoms with Gasteiger partial charge in [0.25, 0.3) is 0 Å². The highest BCUT2D eigenvalue weighted by molar-refractivity contribution is 6.30.